The molecular weight excluding hydrogens is 268 g/mol. The lowest BCUT2D eigenvalue weighted by Crippen LogP contribution is -2.18. The minimum Gasteiger partial charge on any atom is -0.465 e. The summed E-state index contributed by atoms with van der Waals surface area (Å²) in [4.78, 5) is 19.8. The Labute approximate surface area is 122 Å². The van der Waals surface area contributed by atoms with E-state index in [0.717, 1.165) is 22.2 Å². The topological polar surface area (TPSA) is 74.7 Å². The molecule has 0 saturated carbocycles. The predicted octanol–water partition coefficient (Wildman–Crippen LogP) is 1.80. The minimum absolute atomic E-state index is 0.0367. The van der Waals surface area contributed by atoms with Gasteiger partial charge in [0.2, 0.25) is 0 Å². The summed E-state index contributed by atoms with van der Waals surface area (Å²) in [5.41, 5.74) is 2.86. The van der Waals surface area contributed by atoms with E-state index in [1.165, 1.54) is 0 Å². The van der Waals surface area contributed by atoms with Crippen LogP contribution in [0.25, 0.3) is 10.9 Å². The molecule has 0 aliphatic carbocycles. The van der Waals surface area contributed by atoms with Crippen molar-refractivity contribution in [3.8, 4) is 0 Å². The van der Waals surface area contributed by atoms with Crippen LogP contribution in [0.1, 0.15) is 24.1 Å². The normalized spacial score (nSPS) is 21.0. The van der Waals surface area contributed by atoms with Crippen LogP contribution in [0.2, 0.25) is 0 Å². The van der Waals surface area contributed by atoms with E-state index in [-0.39, 0.29) is 18.6 Å². The molecule has 2 heterocycles. The Morgan fingerprint density at radius 1 is 1.48 bits per heavy atom. The lowest BCUT2D eigenvalue weighted by atomic mass is 9.98. The number of nitrogens with zero attached hydrogens (tertiary/aromatic N) is 1. The van der Waals surface area contributed by atoms with E-state index >= 15 is 0 Å². The standard InChI is InChI=1S/C16H18N2O3/c1-2-21-16(20)13-8-17-10(9-19)7-12-11-5-3-4-6-14(11)18-15(12)13/h3-6,8,10,13,18-19H,2,7,9H2,1H3. The number of para-hydroxylation sites is 1. The summed E-state index contributed by atoms with van der Waals surface area (Å²) in [6.45, 7) is 2.08. The maximum absolute atomic E-state index is 12.2. The molecule has 1 aliphatic rings. The second-order valence-electron chi connectivity index (χ2n) is 5.13. The van der Waals surface area contributed by atoms with Crippen molar-refractivity contribution >= 4 is 23.1 Å². The zero-order valence-corrected chi connectivity index (χ0v) is 11.9. The molecule has 3 rings (SSSR count). The molecule has 5 nitrogen and oxygen atoms in total. The summed E-state index contributed by atoms with van der Waals surface area (Å²) in [5, 5.41) is 10.5. The van der Waals surface area contributed by atoms with E-state index in [1.54, 1.807) is 13.1 Å². The molecule has 0 amide bonds. The monoisotopic (exact) mass is 286 g/mol. The van der Waals surface area contributed by atoms with Gasteiger partial charge in [0.1, 0.15) is 5.92 Å². The fourth-order valence-electron chi connectivity index (χ4n) is 2.80. The van der Waals surface area contributed by atoms with Gasteiger partial charge < -0.3 is 14.8 Å². The average Bonchev–Trinajstić information content (AvgIpc) is 2.74. The van der Waals surface area contributed by atoms with Crippen LogP contribution in [0, 0.1) is 0 Å². The third kappa shape index (κ3) is 2.45. The zero-order chi connectivity index (χ0) is 14.8. The number of ether oxygens (including phenoxy) is 1. The van der Waals surface area contributed by atoms with E-state index in [0.29, 0.717) is 13.0 Å². The minimum atomic E-state index is -0.538. The number of rotatable bonds is 3. The van der Waals surface area contributed by atoms with Gasteiger partial charge >= 0.3 is 5.97 Å². The lowest BCUT2D eigenvalue weighted by molar-refractivity contribution is -0.143. The number of esters is 1. The number of aliphatic hydroxyl groups excluding tert-OH is 1. The average molecular weight is 286 g/mol. The van der Waals surface area contributed by atoms with Gasteiger partial charge in [-0.05, 0) is 25.0 Å². The van der Waals surface area contributed by atoms with Crippen molar-refractivity contribution in [3.05, 3.63) is 35.5 Å². The van der Waals surface area contributed by atoms with Gasteiger partial charge in [0.15, 0.2) is 0 Å². The summed E-state index contributed by atoms with van der Waals surface area (Å²) in [7, 11) is 0. The van der Waals surface area contributed by atoms with Crippen molar-refractivity contribution in [1.82, 2.24) is 4.98 Å². The number of aromatic amines is 1. The van der Waals surface area contributed by atoms with Crippen molar-refractivity contribution < 1.29 is 14.6 Å². The van der Waals surface area contributed by atoms with Gasteiger partial charge in [-0.1, -0.05) is 18.2 Å². The molecule has 110 valence electrons. The van der Waals surface area contributed by atoms with Crippen LogP contribution in [0.15, 0.2) is 29.3 Å². The number of hydrogen-bond donors (Lipinski definition) is 2. The van der Waals surface area contributed by atoms with E-state index < -0.39 is 5.92 Å². The highest BCUT2D eigenvalue weighted by Gasteiger charge is 2.29. The Bertz CT molecular complexity index is 690. The number of aliphatic hydroxyl groups is 1. The molecule has 2 aromatic rings. The molecule has 0 spiro atoms. The Kier molecular flexibility index (Phi) is 3.75. The highest BCUT2D eigenvalue weighted by atomic mass is 16.5. The molecule has 0 bridgehead atoms. The molecule has 5 heteroatoms. The second kappa shape index (κ2) is 5.69. The molecule has 2 unspecified atom stereocenters. The van der Waals surface area contributed by atoms with Crippen LogP contribution in [-0.2, 0) is 16.0 Å². The van der Waals surface area contributed by atoms with Crippen molar-refractivity contribution in [2.45, 2.75) is 25.3 Å². The number of nitrogens with one attached hydrogen (secondary N) is 1. The SMILES string of the molecule is CCOC(=O)C1C=NC(CO)Cc2c1[nH]c1ccccc21. The molecule has 1 aromatic carbocycles. The highest BCUT2D eigenvalue weighted by molar-refractivity contribution is 5.99. The molecule has 2 atom stereocenters. The van der Waals surface area contributed by atoms with Crippen LogP contribution >= 0.6 is 0 Å². The van der Waals surface area contributed by atoms with Gasteiger partial charge in [0.25, 0.3) is 0 Å². The van der Waals surface area contributed by atoms with Gasteiger partial charge in [0, 0.05) is 22.8 Å². The summed E-state index contributed by atoms with van der Waals surface area (Å²) in [5.74, 6) is -0.850. The third-order valence-corrected chi connectivity index (χ3v) is 3.79. The summed E-state index contributed by atoms with van der Waals surface area (Å²) < 4.78 is 5.15. The first-order chi connectivity index (χ1) is 10.2. The molecule has 1 aromatic heterocycles. The van der Waals surface area contributed by atoms with Crippen LogP contribution in [0.4, 0.5) is 0 Å². The maximum Gasteiger partial charge on any atom is 0.320 e. The number of hydrogen-bond acceptors (Lipinski definition) is 4. The van der Waals surface area contributed by atoms with Crippen molar-refractivity contribution in [1.29, 1.82) is 0 Å². The number of aromatic nitrogens is 1. The number of carbonyl (C=O) groups excluding carboxylic acids is 1. The molecule has 2 N–H and O–H groups in total. The predicted molar refractivity (Wildman–Crippen MR) is 80.7 cm³/mol. The molecule has 21 heavy (non-hydrogen) atoms. The van der Waals surface area contributed by atoms with Crippen LogP contribution in [0.5, 0.6) is 0 Å². The summed E-state index contributed by atoms with van der Waals surface area (Å²) >= 11 is 0. The molecule has 1 aliphatic heterocycles. The van der Waals surface area contributed by atoms with E-state index in [1.807, 2.05) is 24.3 Å². The van der Waals surface area contributed by atoms with Gasteiger partial charge in [-0.25, -0.2) is 0 Å². The lowest BCUT2D eigenvalue weighted by Gasteiger charge is -2.10. The second-order valence-corrected chi connectivity index (χ2v) is 5.13. The number of carbonyl (C=O) groups is 1. The first-order valence-corrected chi connectivity index (χ1v) is 7.14. The fraction of sp³-hybridized carbons (Fsp3) is 0.375. The van der Waals surface area contributed by atoms with Gasteiger partial charge in [0.05, 0.1) is 19.3 Å². The molecule has 0 saturated heterocycles. The first kappa shape index (κ1) is 13.8. The smallest absolute Gasteiger partial charge is 0.320 e. The van der Waals surface area contributed by atoms with Gasteiger partial charge in [-0.2, -0.15) is 0 Å². The molecule has 0 radical (unpaired) electrons. The van der Waals surface area contributed by atoms with Crippen molar-refractivity contribution in [2.24, 2.45) is 4.99 Å². The number of aliphatic imine (C=N–C) groups is 1. The van der Waals surface area contributed by atoms with E-state index in [4.69, 9.17) is 4.74 Å². The molecule has 0 fully saturated rings. The quantitative estimate of drug-likeness (QED) is 0.845. The largest absolute Gasteiger partial charge is 0.465 e. The zero-order valence-electron chi connectivity index (χ0n) is 11.9. The third-order valence-electron chi connectivity index (χ3n) is 3.79. The number of fused-ring (bicyclic) bond motifs is 3. The van der Waals surface area contributed by atoms with Gasteiger partial charge in [-0.15, -0.1) is 0 Å². The van der Waals surface area contributed by atoms with Crippen molar-refractivity contribution in [3.63, 3.8) is 0 Å². The van der Waals surface area contributed by atoms with Crippen molar-refractivity contribution in [2.75, 3.05) is 13.2 Å². The van der Waals surface area contributed by atoms with Gasteiger partial charge in [-0.3, -0.25) is 9.79 Å². The Hall–Kier alpha value is -2.14. The Balaban J connectivity index is 2.13. The molecular formula is C16H18N2O3. The Morgan fingerprint density at radius 2 is 2.29 bits per heavy atom. The van der Waals surface area contributed by atoms with Crippen LogP contribution in [0.3, 0.4) is 0 Å². The fourth-order valence-corrected chi connectivity index (χ4v) is 2.80. The maximum atomic E-state index is 12.2. The van der Waals surface area contributed by atoms with Crippen LogP contribution < -0.4 is 0 Å². The Morgan fingerprint density at radius 3 is 3.05 bits per heavy atom. The van der Waals surface area contributed by atoms with E-state index in [2.05, 4.69) is 9.98 Å². The van der Waals surface area contributed by atoms with E-state index in [9.17, 15) is 9.90 Å². The summed E-state index contributed by atoms with van der Waals surface area (Å²) in [6, 6.07) is 7.71. The number of benzene rings is 1. The first-order valence-electron chi connectivity index (χ1n) is 7.14. The number of H-pyrrole nitrogens is 1. The summed E-state index contributed by atoms with van der Waals surface area (Å²) in [6.07, 6.45) is 2.21. The van der Waals surface area contributed by atoms with Crippen LogP contribution in [-0.4, -0.2) is 41.5 Å². The highest BCUT2D eigenvalue weighted by Crippen LogP contribution is 2.31.